The van der Waals surface area contributed by atoms with E-state index in [9.17, 15) is 4.79 Å². The summed E-state index contributed by atoms with van der Waals surface area (Å²) in [5, 5.41) is 2.85. The summed E-state index contributed by atoms with van der Waals surface area (Å²) in [4.78, 5) is 19.4. The van der Waals surface area contributed by atoms with Gasteiger partial charge in [-0.25, -0.2) is 4.98 Å². The van der Waals surface area contributed by atoms with Crippen LogP contribution in [-0.2, 0) is 17.6 Å². The molecule has 0 saturated heterocycles. The highest BCUT2D eigenvalue weighted by Crippen LogP contribution is 2.32. The van der Waals surface area contributed by atoms with Gasteiger partial charge < -0.3 is 10.6 Å². The number of carbonyl (C=O) groups excluding carboxylic acids is 1. The Bertz CT molecular complexity index is 934. The fraction of sp³-hybridized carbons (Fsp3) is 0.200. The predicted molar refractivity (Wildman–Crippen MR) is 103 cm³/mol. The Kier molecular flexibility index (Phi) is 4.01. The molecule has 0 aliphatic carbocycles. The lowest BCUT2D eigenvalue weighted by Gasteiger charge is -2.22. The standard InChI is InChI=1S/C20H19N3OS/c1-13-9-14-5-2-3-8-18(14)23(13)19(24)11-17-12-25-20(22-17)15-6-4-7-16(21)10-15/h2-8,10,12-13H,9,11,21H2,1H3. The lowest BCUT2D eigenvalue weighted by molar-refractivity contribution is -0.118. The highest BCUT2D eigenvalue weighted by molar-refractivity contribution is 7.13. The van der Waals surface area contributed by atoms with Crippen molar-refractivity contribution in [2.75, 3.05) is 10.6 Å². The van der Waals surface area contributed by atoms with E-state index in [1.807, 2.05) is 52.7 Å². The van der Waals surface area contributed by atoms with Crippen molar-refractivity contribution < 1.29 is 4.79 Å². The first-order chi connectivity index (χ1) is 12.1. The van der Waals surface area contributed by atoms with Gasteiger partial charge in [-0.05, 0) is 37.1 Å². The van der Waals surface area contributed by atoms with Gasteiger partial charge in [-0.2, -0.15) is 0 Å². The van der Waals surface area contributed by atoms with Crippen LogP contribution in [0.15, 0.2) is 53.9 Å². The summed E-state index contributed by atoms with van der Waals surface area (Å²) >= 11 is 1.54. The van der Waals surface area contributed by atoms with E-state index in [4.69, 9.17) is 5.73 Å². The summed E-state index contributed by atoms with van der Waals surface area (Å²) in [7, 11) is 0. The second kappa shape index (κ2) is 6.33. The number of nitrogens with zero attached hydrogens (tertiary/aromatic N) is 2. The average molecular weight is 349 g/mol. The largest absolute Gasteiger partial charge is 0.399 e. The number of fused-ring (bicyclic) bond motifs is 1. The number of aromatic nitrogens is 1. The third-order valence-corrected chi connectivity index (χ3v) is 5.43. The Labute approximate surface area is 150 Å². The maximum Gasteiger partial charge on any atom is 0.233 e. The molecule has 0 saturated carbocycles. The number of thiazole rings is 1. The van der Waals surface area contributed by atoms with Crippen LogP contribution in [0.4, 0.5) is 11.4 Å². The number of benzene rings is 2. The maximum absolute atomic E-state index is 12.9. The highest BCUT2D eigenvalue weighted by Gasteiger charge is 2.30. The Balaban J connectivity index is 1.54. The van der Waals surface area contributed by atoms with Crippen molar-refractivity contribution in [3.63, 3.8) is 0 Å². The van der Waals surface area contributed by atoms with Crippen LogP contribution in [0.3, 0.4) is 0 Å². The summed E-state index contributed by atoms with van der Waals surface area (Å²) in [6.07, 6.45) is 1.23. The summed E-state index contributed by atoms with van der Waals surface area (Å²) in [6.45, 7) is 2.09. The molecule has 1 aliphatic heterocycles. The van der Waals surface area contributed by atoms with Crippen LogP contribution < -0.4 is 10.6 Å². The monoisotopic (exact) mass is 349 g/mol. The zero-order valence-electron chi connectivity index (χ0n) is 14.0. The summed E-state index contributed by atoms with van der Waals surface area (Å²) in [5.74, 6) is 0.0990. The van der Waals surface area contributed by atoms with Gasteiger partial charge in [0, 0.05) is 28.4 Å². The molecule has 2 aromatic carbocycles. The topological polar surface area (TPSA) is 59.2 Å². The molecule has 4 rings (SSSR count). The van der Waals surface area contributed by atoms with Crippen LogP contribution in [-0.4, -0.2) is 16.9 Å². The molecule has 0 fully saturated rings. The predicted octanol–water partition coefficient (Wildman–Crippen LogP) is 3.91. The number of nitrogens with two attached hydrogens (primary N) is 1. The van der Waals surface area contributed by atoms with Crippen LogP contribution in [0.25, 0.3) is 10.6 Å². The van der Waals surface area contributed by atoms with Crippen molar-refractivity contribution in [2.24, 2.45) is 0 Å². The van der Waals surface area contributed by atoms with Gasteiger partial charge in [0.15, 0.2) is 0 Å². The molecule has 0 spiro atoms. The summed E-state index contributed by atoms with van der Waals surface area (Å²) in [5.41, 5.74) is 10.6. The lowest BCUT2D eigenvalue weighted by Crippen LogP contribution is -2.36. The second-order valence-electron chi connectivity index (χ2n) is 6.39. The molecule has 2 heterocycles. The van der Waals surface area contributed by atoms with Crippen LogP contribution in [0.2, 0.25) is 0 Å². The summed E-state index contributed by atoms with van der Waals surface area (Å²) in [6, 6.07) is 16.0. The van der Waals surface area contributed by atoms with Crippen molar-refractivity contribution in [3.05, 3.63) is 65.2 Å². The fourth-order valence-corrected chi connectivity index (χ4v) is 4.19. The first-order valence-electron chi connectivity index (χ1n) is 8.32. The van der Waals surface area contributed by atoms with Crippen LogP contribution >= 0.6 is 11.3 Å². The SMILES string of the molecule is CC1Cc2ccccc2N1C(=O)Cc1csc(-c2cccc(N)c2)n1. The van der Waals surface area contributed by atoms with E-state index < -0.39 is 0 Å². The van der Waals surface area contributed by atoms with Crippen molar-refractivity contribution >= 4 is 28.6 Å². The summed E-state index contributed by atoms with van der Waals surface area (Å²) < 4.78 is 0. The minimum Gasteiger partial charge on any atom is -0.399 e. The average Bonchev–Trinajstić information content (AvgIpc) is 3.18. The Hall–Kier alpha value is -2.66. The van der Waals surface area contributed by atoms with Crippen molar-refractivity contribution in [1.82, 2.24) is 4.98 Å². The lowest BCUT2D eigenvalue weighted by atomic mass is 10.1. The Morgan fingerprint density at radius 2 is 2.12 bits per heavy atom. The molecule has 0 bridgehead atoms. The molecule has 0 radical (unpaired) electrons. The zero-order chi connectivity index (χ0) is 17.4. The maximum atomic E-state index is 12.9. The number of nitrogen functional groups attached to an aromatic ring is 1. The van der Waals surface area contributed by atoms with Crippen LogP contribution in [0, 0.1) is 0 Å². The van der Waals surface area contributed by atoms with Gasteiger partial charge in [-0.3, -0.25) is 4.79 Å². The number of rotatable bonds is 3. The Morgan fingerprint density at radius 3 is 2.96 bits per heavy atom. The molecular formula is C20H19N3OS. The molecule has 4 nitrogen and oxygen atoms in total. The molecule has 5 heteroatoms. The highest BCUT2D eigenvalue weighted by atomic mass is 32.1. The van der Waals surface area contributed by atoms with Crippen LogP contribution in [0.1, 0.15) is 18.2 Å². The van der Waals surface area contributed by atoms with E-state index in [1.165, 1.54) is 5.56 Å². The normalized spacial score (nSPS) is 16.0. The number of hydrogen-bond donors (Lipinski definition) is 1. The van der Waals surface area contributed by atoms with Crippen molar-refractivity contribution in [3.8, 4) is 10.6 Å². The van der Waals surface area contributed by atoms with E-state index in [1.54, 1.807) is 11.3 Å². The molecule has 25 heavy (non-hydrogen) atoms. The fourth-order valence-electron chi connectivity index (χ4n) is 3.38. The molecule has 1 unspecified atom stereocenters. The molecule has 2 N–H and O–H groups in total. The second-order valence-corrected chi connectivity index (χ2v) is 7.25. The molecule has 1 aliphatic rings. The molecule has 1 atom stereocenters. The van der Waals surface area contributed by atoms with Gasteiger partial charge >= 0.3 is 0 Å². The molecule has 1 aromatic heterocycles. The van der Waals surface area contributed by atoms with E-state index >= 15 is 0 Å². The van der Waals surface area contributed by atoms with Gasteiger partial charge in [0.25, 0.3) is 0 Å². The Morgan fingerprint density at radius 1 is 1.28 bits per heavy atom. The minimum atomic E-state index is 0.0990. The van der Waals surface area contributed by atoms with Gasteiger partial charge in [0.2, 0.25) is 5.91 Å². The quantitative estimate of drug-likeness (QED) is 0.729. The van der Waals surface area contributed by atoms with Crippen molar-refractivity contribution in [1.29, 1.82) is 0 Å². The number of carbonyl (C=O) groups is 1. The first kappa shape index (κ1) is 15.8. The number of hydrogen-bond acceptors (Lipinski definition) is 4. The molecule has 3 aromatic rings. The van der Waals surface area contributed by atoms with E-state index in [-0.39, 0.29) is 11.9 Å². The van der Waals surface area contributed by atoms with Gasteiger partial charge in [0.1, 0.15) is 5.01 Å². The minimum absolute atomic E-state index is 0.0990. The van der Waals surface area contributed by atoms with E-state index in [2.05, 4.69) is 18.0 Å². The van der Waals surface area contributed by atoms with Crippen molar-refractivity contribution in [2.45, 2.75) is 25.8 Å². The van der Waals surface area contributed by atoms with E-state index in [0.717, 1.165) is 28.4 Å². The third-order valence-electron chi connectivity index (χ3n) is 4.49. The van der Waals surface area contributed by atoms with E-state index in [0.29, 0.717) is 12.1 Å². The van der Waals surface area contributed by atoms with Crippen LogP contribution in [0.5, 0.6) is 0 Å². The van der Waals surface area contributed by atoms with Gasteiger partial charge in [-0.15, -0.1) is 11.3 Å². The zero-order valence-corrected chi connectivity index (χ0v) is 14.8. The smallest absolute Gasteiger partial charge is 0.233 e. The number of para-hydroxylation sites is 1. The first-order valence-corrected chi connectivity index (χ1v) is 9.20. The molecular weight excluding hydrogens is 330 g/mol. The number of anilines is 2. The third kappa shape index (κ3) is 3.03. The van der Waals surface area contributed by atoms with Gasteiger partial charge in [0.05, 0.1) is 12.1 Å². The van der Waals surface area contributed by atoms with Gasteiger partial charge in [-0.1, -0.05) is 30.3 Å². The molecule has 126 valence electrons. The molecule has 1 amide bonds. The number of amides is 1.